The lowest BCUT2D eigenvalue weighted by Gasteiger charge is -2.31. The molecule has 3 heterocycles. The van der Waals surface area contributed by atoms with Gasteiger partial charge in [-0.3, -0.25) is 9.59 Å². The largest absolute Gasteiger partial charge is 0.378 e. The molecule has 25 heavy (non-hydrogen) atoms. The molecule has 0 spiro atoms. The van der Waals surface area contributed by atoms with E-state index in [1.165, 1.54) is 0 Å². The van der Waals surface area contributed by atoms with Crippen LogP contribution in [0.3, 0.4) is 0 Å². The summed E-state index contributed by atoms with van der Waals surface area (Å²) >= 11 is 1.60. The van der Waals surface area contributed by atoms with E-state index in [2.05, 4.69) is 0 Å². The SMILES string of the molecule is O=C(C[C@H](c1cccs1)N1Cc2ccccc2C1=O)N1CCOCC1. The Morgan fingerprint density at radius 2 is 1.96 bits per heavy atom. The van der Waals surface area contributed by atoms with Gasteiger partial charge in [-0.15, -0.1) is 11.3 Å². The minimum Gasteiger partial charge on any atom is -0.378 e. The maximum absolute atomic E-state index is 12.9. The van der Waals surface area contributed by atoms with E-state index in [9.17, 15) is 9.59 Å². The number of ether oxygens (including phenoxy) is 1. The molecule has 2 amide bonds. The Kier molecular flexibility index (Phi) is 4.55. The minimum atomic E-state index is -0.213. The number of fused-ring (bicyclic) bond motifs is 1. The first-order chi connectivity index (χ1) is 12.2. The average molecular weight is 356 g/mol. The van der Waals surface area contributed by atoms with Crippen LogP contribution in [-0.4, -0.2) is 47.9 Å². The molecule has 6 heteroatoms. The van der Waals surface area contributed by atoms with Gasteiger partial charge < -0.3 is 14.5 Å². The Bertz CT molecular complexity index is 769. The number of thiophene rings is 1. The van der Waals surface area contributed by atoms with Crippen molar-refractivity contribution in [3.63, 3.8) is 0 Å². The number of benzene rings is 1. The van der Waals surface area contributed by atoms with Crippen molar-refractivity contribution in [1.29, 1.82) is 0 Å². The van der Waals surface area contributed by atoms with Gasteiger partial charge in [-0.25, -0.2) is 0 Å². The Morgan fingerprint density at radius 1 is 1.16 bits per heavy atom. The molecule has 1 aromatic carbocycles. The van der Waals surface area contributed by atoms with Crippen molar-refractivity contribution in [2.75, 3.05) is 26.3 Å². The third-order valence-electron chi connectivity index (χ3n) is 4.83. The van der Waals surface area contributed by atoms with Gasteiger partial charge in [0.05, 0.1) is 25.7 Å². The Balaban J connectivity index is 1.58. The first-order valence-corrected chi connectivity index (χ1v) is 9.40. The van der Waals surface area contributed by atoms with Crippen LogP contribution in [-0.2, 0) is 16.1 Å². The van der Waals surface area contributed by atoms with Crippen molar-refractivity contribution < 1.29 is 14.3 Å². The molecule has 130 valence electrons. The average Bonchev–Trinajstić information content (AvgIpc) is 3.29. The summed E-state index contributed by atoms with van der Waals surface area (Å²) in [5.41, 5.74) is 1.79. The molecule has 1 saturated heterocycles. The second kappa shape index (κ2) is 6.98. The molecule has 5 nitrogen and oxygen atoms in total. The number of hydrogen-bond donors (Lipinski definition) is 0. The van der Waals surface area contributed by atoms with Gasteiger partial charge in [0.1, 0.15) is 0 Å². The fourth-order valence-electron chi connectivity index (χ4n) is 3.48. The first kappa shape index (κ1) is 16.3. The molecule has 2 aliphatic rings. The van der Waals surface area contributed by atoms with Crippen LogP contribution in [0.5, 0.6) is 0 Å². The molecule has 0 radical (unpaired) electrons. The van der Waals surface area contributed by atoms with E-state index < -0.39 is 0 Å². The second-order valence-corrected chi connectivity index (χ2v) is 7.30. The van der Waals surface area contributed by atoms with Gasteiger partial charge in [-0.1, -0.05) is 24.3 Å². The summed E-state index contributed by atoms with van der Waals surface area (Å²) in [5.74, 6) is 0.106. The zero-order valence-corrected chi connectivity index (χ0v) is 14.7. The van der Waals surface area contributed by atoms with Crippen molar-refractivity contribution in [1.82, 2.24) is 9.80 Å². The van der Waals surface area contributed by atoms with Crippen LogP contribution < -0.4 is 0 Å². The second-order valence-electron chi connectivity index (χ2n) is 6.32. The molecule has 1 fully saturated rings. The van der Waals surface area contributed by atoms with E-state index >= 15 is 0 Å². The molecule has 4 rings (SSSR count). The number of amides is 2. The van der Waals surface area contributed by atoms with Crippen LogP contribution in [0.1, 0.15) is 33.3 Å². The highest BCUT2D eigenvalue weighted by molar-refractivity contribution is 7.10. The molecule has 0 unspecified atom stereocenters. The van der Waals surface area contributed by atoms with Crippen molar-refractivity contribution in [3.05, 3.63) is 57.8 Å². The van der Waals surface area contributed by atoms with Crippen molar-refractivity contribution in [2.45, 2.75) is 19.0 Å². The predicted molar refractivity (Wildman–Crippen MR) is 95.4 cm³/mol. The molecule has 2 aromatic rings. The van der Waals surface area contributed by atoms with Crippen LogP contribution in [0.2, 0.25) is 0 Å². The molecular formula is C19H20N2O3S. The summed E-state index contributed by atoms with van der Waals surface area (Å²) in [7, 11) is 0. The van der Waals surface area contributed by atoms with Crippen LogP contribution in [0.25, 0.3) is 0 Å². The lowest BCUT2D eigenvalue weighted by atomic mass is 10.1. The van der Waals surface area contributed by atoms with E-state index in [0.717, 1.165) is 16.0 Å². The minimum absolute atomic E-state index is 0.0174. The standard InChI is InChI=1S/C19H20N2O3S/c22-18(20-7-9-24-10-8-20)12-16(17-6-3-11-25-17)21-13-14-4-1-2-5-15(14)19(21)23/h1-6,11,16H,7-10,12-13H2/t16-/m1/s1. The summed E-state index contributed by atoms with van der Waals surface area (Å²) < 4.78 is 5.33. The zero-order valence-electron chi connectivity index (χ0n) is 13.9. The van der Waals surface area contributed by atoms with E-state index in [1.807, 2.05) is 51.6 Å². The molecule has 0 bridgehead atoms. The van der Waals surface area contributed by atoms with E-state index in [0.29, 0.717) is 39.3 Å². The highest BCUT2D eigenvalue weighted by Gasteiger charge is 2.35. The normalized spacial score (nSPS) is 18.3. The summed E-state index contributed by atoms with van der Waals surface area (Å²) in [6.07, 6.45) is 0.320. The molecular weight excluding hydrogens is 336 g/mol. The highest BCUT2D eigenvalue weighted by Crippen LogP contribution is 2.35. The molecule has 1 atom stereocenters. The summed E-state index contributed by atoms with van der Waals surface area (Å²) in [6, 6.07) is 11.5. The number of carbonyl (C=O) groups is 2. The number of hydrogen-bond acceptors (Lipinski definition) is 4. The van der Waals surface area contributed by atoms with Gasteiger partial charge >= 0.3 is 0 Å². The highest BCUT2D eigenvalue weighted by atomic mass is 32.1. The Hall–Kier alpha value is -2.18. The topological polar surface area (TPSA) is 49.9 Å². The molecule has 2 aliphatic heterocycles. The Labute approximate surface area is 150 Å². The van der Waals surface area contributed by atoms with Crippen LogP contribution in [0, 0.1) is 0 Å². The van der Waals surface area contributed by atoms with Crippen LogP contribution in [0.15, 0.2) is 41.8 Å². The molecule has 1 aromatic heterocycles. The zero-order chi connectivity index (χ0) is 17.2. The number of morpholine rings is 1. The predicted octanol–water partition coefficient (Wildman–Crippen LogP) is 2.69. The van der Waals surface area contributed by atoms with Gasteiger partial charge in [0.15, 0.2) is 0 Å². The van der Waals surface area contributed by atoms with Gasteiger partial charge in [-0.2, -0.15) is 0 Å². The quantitative estimate of drug-likeness (QED) is 0.846. The fourth-order valence-corrected chi connectivity index (χ4v) is 4.32. The van der Waals surface area contributed by atoms with Crippen LogP contribution in [0.4, 0.5) is 0 Å². The van der Waals surface area contributed by atoms with Crippen molar-refractivity contribution in [3.8, 4) is 0 Å². The molecule has 0 aliphatic carbocycles. The van der Waals surface area contributed by atoms with Gasteiger partial charge in [-0.05, 0) is 23.1 Å². The lowest BCUT2D eigenvalue weighted by molar-refractivity contribution is -0.136. The van der Waals surface area contributed by atoms with Gasteiger partial charge in [0, 0.05) is 30.1 Å². The van der Waals surface area contributed by atoms with Crippen molar-refractivity contribution in [2.24, 2.45) is 0 Å². The van der Waals surface area contributed by atoms with Crippen molar-refractivity contribution >= 4 is 23.2 Å². The number of carbonyl (C=O) groups excluding carboxylic acids is 2. The Morgan fingerprint density at radius 3 is 2.68 bits per heavy atom. The molecule has 0 saturated carbocycles. The number of nitrogens with zero attached hydrogens (tertiary/aromatic N) is 2. The summed E-state index contributed by atoms with van der Waals surface area (Å²) in [4.78, 5) is 30.4. The van der Waals surface area contributed by atoms with Gasteiger partial charge in [0.2, 0.25) is 5.91 Å². The maximum Gasteiger partial charge on any atom is 0.255 e. The third kappa shape index (κ3) is 3.19. The van der Waals surface area contributed by atoms with E-state index in [-0.39, 0.29) is 17.9 Å². The van der Waals surface area contributed by atoms with Gasteiger partial charge in [0.25, 0.3) is 5.91 Å². The third-order valence-corrected chi connectivity index (χ3v) is 5.80. The summed E-state index contributed by atoms with van der Waals surface area (Å²) in [6.45, 7) is 3.00. The van der Waals surface area contributed by atoms with Crippen LogP contribution >= 0.6 is 11.3 Å². The first-order valence-electron chi connectivity index (χ1n) is 8.52. The fraction of sp³-hybridized carbons (Fsp3) is 0.368. The van der Waals surface area contributed by atoms with E-state index in [4.69, 9.17) is 4.74 Å². The molecule has 0 N–H and O–H groups in total. The smallest absolute Gasteiger partial charge is 0.255 e. The number of rotatable bonds is 4. The monoisotopic (exact) mass is 356 g/mol. The lowest BCUT2D eigenvalue weighted by Crippen LogP contribution is -2.42. The summed E-state index contributed by atoms with van der Waals surface area (Å²) in [5, 5.41) is 2.00. The van der Waals surface area contributed by atoms with E-state index in [1.54, 1.807) is 11.3 Å². The maximum atomic E-state index is 12.9.